The summed E-state index contributed by atoms with van der Waals surface area (Å²) in [5.74, 6) is 0. The molecule has 0 fully saturated rings. The highest BCUT2D eigenvalue weighted by Crippen LogP contribution is 2.03. The molecule has 0 aliphatic heterocycles. The van der Waals surface area contributed by atoms with Gasteiger partial charge in [-0.05, 0) is 25.8 Å². The Morgan fingerprint density at radius 3 is 2.09 bits per heavy atom. The van der Waals surface area contributed by atoms with Gasteiger partial charge >= 0.3 is 0 Å². The SMILES string of the molecule is COC(CCCCN)OC.Cl. The molecule has 0 unspecified atom stereocenters. The Morgan fingerprint density at radius 1 is 1.18 bits per heavy atom. The summed E-state index contributed by atoms with van der Waals surface area (Å²) >= 11 is 0. The van der Waals surface area contributed by atoms with Crippen LogP contribution in [-0.4, -0.2) is 27.1 Å². The topological polar surface area (TPSA) is 44.5 Å². The summed E-state index contributed by atoms with van der Waals surface area (Å²) < 4.78 is 9.97. The van der Waals surface area contributed by atoms with Crippen molar-refractivity contribution in [1.82, 2.24) is 0 Å². The molecule has 0 aromatic rings. The first kappa shape index (κ1) is 13.7. The molecule has 0 aromatic carbocycles. The lowest BCUT2D eigenvalue weighted by Crippen LogP contribution is -2.13. The van der Waals surface area contributed by atoms with E-state index in [0.717, 1.165) is 25.8 Å². The highest BCUT2D eigenvalue weighted by Gasteiger charge is 2.02. The Hall–Kier alpha value is 0.170. The van der Waals surface area contributed by atoms with Gasteiger partial charge in [0.2, 0.25) is 0 Å². The van der Waals surface area contributed by atoms with Gasteiger partial charge in [-0.25, -0.2) is 0 Å². The van der Waals surface area contributed by atoms with Crippen molar-refractivity contribution in [2.75, 3.05) is 20.8 Å². The van der Waals surface area contributed by atoms with Gasteiger partial charge in [-0.1, -0.05) is 0 Å². The zero-order chi connectivity index (χ0) is 7.82. The molecule has 4 heteroatoms. The second-order valence-corrected chi connectivity index (χ2v) is 2.19. The van der Waals surface area contributed by atoms with E-state index in [1.54, 1.807) is 14.2 Å². The van der Waals surface area contributed by atoms with Crippen molar-refractivity contribution in [2.24, 2.45) is 5.73 Å². The van der Waals surface area contributed by atoms with Gasteiger partial charge in [0.1, 0.15) is 0 Å². The van der Waals surface area contributed by atoms with Gasteiger partial charge in [0.15, 0.2) is 6.29 Å². The average molecular weight is 184 g/mol. The van der Waals surface area contributed by atoms with Gasteiger partial charge in [-0.3, -0.25) is 0 Å². The first-order chi connectivity index (χ1) is 4.85. The largest absolute Gasteiger partial charge is 0.356 e. The second-order valence-electron chi connectivity index (χ2n) is 2.19. The zero-order valence-electron chi connectivity index (χ0n) is 7.21. The van der Waals surface area contributed by atoms with Crippen molar-refractivity contribution in [3.63, 3.8) is 0 Å². The van der Waals surface area contributed by atoms with Crippen LogP contribution in [0.3, 0.4) is 0 Å². The molecule has 70 valence electrons. The maximum atomic E-state index is 5.32. The van der Waals surface area contributed by atoms with Crippen LogP contribution in [0.5, 0.6) is 0 Å². The molecular formula is C7H18ClNO2. The lowest BCUT2D eigenvalue weighted by Gasteiger charge is -2.11. The lowest BCUT2D eigenvalue weighted by atomic mass is 10.2. The third-order valence-electron chi connectivity index (χ3n) is 1.42. The van der Waals surface area contributed by atoms with Gasteiger partial charge in [-0.15, -0.1) is 12.4 Å². The summed E-state index contributed by atoms with van der Waals surface area (Å²) in [6, 6.07) is 0. The van der Waals surface area contributed by atoms with Crippen LogP contribution in [0.1, 0.15) is 19.3 Å². The van der Waals surface area contributed by atoms with E-state index in [2.05, 4.69) is 0 Å². The maximum Gasteiger partial charge on any atom is 0.156 e. The Labute approximate surface area is 74.6 Å². The molecule has 0 radical (unpaired) electrons. The molecular weight excluding hydrogens is 166 g/mol. The molecule has 0 atom stereocenters. The van der Waals surface area contributed by atoms with Crippen molar-refractivity contribution in [3.05, 3.63) is 0 Å². The van der Waals surface area contributed by atoms with Crippen molar-refractivity contribution < 1.29 is 9.47 Å². The van der Waals surface area contributed by atoms with Crippen LogP contribution in [0.2, 0.25) is 0 Å². The van der Waals surface area contributed by atoms with Crippen LogP contribution in [0.4, 0.5) is 0 Å². The summed E-state index contributed by atoms with van der Waals surface area (Å²) in [6.07, 6.45) is 3.00. The molecule has 0 spiro atoms. The third kappa shape index (κ3) is 8.07. The molecule has 0 rings (SSSR count). The maximum absolute atomic E-state index is 5.32. The minimum Gasteiger partial charge on any atom is -0.356 e. The molecule has 0 aliphatic carbocycles. The molecule has 0 heterocycles. The van der Waals surface area contributed by atoms with Gasteiger partial charge in [0.25, 0.3) is 0 Å². The minimum atomic E-state index is -0.0495. The molecule has 0 saturated heterocycles. The van der Waals surface area contributed by atoms with E-state index < -0.39 is 0 Å². The van der Waals surface area contributed by atoms with Crippen LogP contribution in [-0.2, 0) is 9.47 Å². The minimum absolute atomic E-state index is 0. The number of hydrogen-bond donors (Lipinski definition) is 1. The fourth-order valence-electron chi connectivity index (χ4n) is 0.787. The Balaban J connectivity index is 0. The van der Waals surface area contributed by atoms with E-state index in [-0.39, 0.29) is 18.7 Å². The highest BCUT2D eigenvalue weighted by atomic mass is 35.5. The van der Waals surface area contributed by atoms with E-state index in [4.69, 9.17) is 15.2 Å². The van der Waals surface area contributed by atoms with Crippen molar-refractivity contribution >= 4 is 12.4 Å². The second kappa shape index (κ2) is 10.2. The summed E-state index contributed by atoms with van der Waals surface area (Å²) in [5, 5.41) is 0. The number of halogens is 1. The molecule has 0 saturated carbocycles. The molecule has 3 nitrogen and oxygen atoms in total. The zero-order valence-corrected chi connectivity index (χ0v) is 8.02. The average Bonchev–Trinajstić information content (AvgIpc) is 1.99. The van der Waals surface area contributed by atoms with Gasteiger partial charge in [0, 0.05) is 14.2 Å². The predicted molar refractivity (Wildman–Crippen MR) is 48.0 cm³/mol. The van der Waals surface area contributed by atoms with E-state index in [1.165, 1.54) is 0 Å². The highest BCUT2D eigenvalue weighted by molar-refractivity contribution is 5.85. The summed E-state index contributed by atoms with van der Waals surface area (Å²) in [7, 11) is 3.30. The van der Waals surface area contributed by atoms with Crippen LogP contribution in [0.15, 0.2) is 0 Å². The van der Waals surface area contributed by atoms with Crippen molar-refractivity contribution in [3.8, 4) is 0 Å². The number of hydrogen-bond acceptors (Lipinski definition) is 3. The van der Waals surface area contributed by atoms with E-state index in [0.29, 0.717) is 0 Å². The first-order valence-electron chi connectivity index (χ1n) is 3.60. The van der Waals surface area contributed by atoms with E-state index in [1.807, 2.05) is 0 Å². The number of methoxy groups -OCH3 is 2. The monoisotopic (exact) mass is 183 g/mol. The van der Waals surface area contributed by atoms with Gasteiger partial charge in [0.05, 0.1) is 0 Å². The summed E-state index contributed by atoms with van der Waals surface area (Å²) in [4.78, 5) is 0. The van der Waals surface area contributed by atoms with Crippen LogP contribution < -0.4 is 5.73 Å². The quantitative estimate of drug-likeness (QED) is 0.497. The molecule has 0 bridgehead atoms. The molecule has 2 N–H and O–H groups in total. The smallest absolute Gasteiger partial charge is 0.156 e. The normalized spacial score (nSPS) is 9.82. The van der Waals surface area contributed by atoms with Crippen molar-refractivity contribution in [1.29, 1.82) is 0 Å². The standard InChI is InChI=1S/C7H17NO2.ClH/c1-9-7(10-2)5-3-4-6-8;/h7H,3-6,8H2,1-2H3;1H. The number of nitrogens with two attached hydrogens (primary N) is 1. The van der Waals surface area contributed by atoms with E-state index in [9.17, 15) is 0 Å². The molecule has 0 aromatic heterocycles. The summed E-state index contributed by atoms with van der Waals surface area (Å²) in [6.45, 7) is 0.750. The lowest BCUT2D eigenvalue weighted by molar-refractivity contribution is -0.107. The summed E-state index contributed by atoms with van der Waals surface area (Å²) in [5.41, 5.74) is 5.32. The first-order valence-corrected chi connectivity index (χ1v) is 3.60. The Kier molecular flexibility index (Phi) is 12.7. The number of rotatable bonds is 6. The van der Waals surface area contributed by atoms with Crippen LogP contribution in [0.25, 0.3) is 0 Å². The Morgan fingerprint density at radius 2 is 1.73 bits per heavy atom. The van der Waals surface area contributed by atoms with Gasteiger partial charge < -0.3 is 15.2 Å². The van der Waals surface area contributed by atoms with E-state index >= 15 is 0 Å². The molecule has 11 heavy (non-hydrogen) atoms. The fraction of sp³-hybridized carbons (Fsp3) is 1.00. The third-order valence-corrected chi connectivity index (χ3v) is 1.42. The Bertz CT molecular complexity index is 69.5. The van der Waals surface area contributed by atoms with Crippen LogP contribution >= 0.6 is 12.4 Å². The predicted octanol–water partition coefficient (Wildman–Crippen LogP) is 1.16. The van der Waals surface area contributed by atoms with Crippen LogP contribution in [0, 0.1) is 0 Å². The number of ether oxygens (including phenoxy) is 2. The fourth-order valence-corrected chi connectivity index (χ4v) is 0.787. The molecule has 0 amide bonds. The number of unbranched alkanes of at least 4 members (excludes halogenated alkanes) is 1. The molecule has 0 aliphatic rings. The van der Waals surface area contributed by atoms with Crippen molar-refractivity contribution in [2.45, 2.75) is 25.6 Å². The van der Waals surface area contributed by atoms with Gasteiger partial charge in [-0.2, -0.15) is 0 Å².